The van der Waals surface area contributed by atoms with E-state index in [1.165, 1.54) is 24.3 Å². The molecule has 1 heterocycles. The van der Waals surface area contributed by atoms with Gasteiger partial charge in [-0.25, -0.2) is 9.59 Å². The van der Waals surface area contributed by atoms with Crippen LogP contribution in [0.15, 0.2) is 72.8 Å². The summed E-state index contributed by atoms with van der Waals surface area (Å²) in [6, 6.07) is 20.3. The van der Waals surface area contributed by atoms with Crippen molar-refractivity contribution in [1.82, 2.24) is 0 Å². The number of fused-ring (bicyclic) bond motifs is 1. The number of hydrogen-bond acceptors (Lipinski definition) is 4. The van der Waals surface area contributed by atoms with Gasteiger partial charge in [0.05, 0.1) is 11.1 Å². The van der Waals surface area contributed by atoms with Crippen LogP contribution in [-0.4, -0.2) is 23.0 Å². The quantitative estimate of drug-likeness (QED) is 0.658. The van der Waals surface area contributed by atoms with Crippen molar-refractivity contribution in [2.45, 2.75) is 12.5 Å². The van der Waals surface area contributed by atoms with Crippen molar-refractivity contribution in [3.05, 3.63) is 101 Å². The van der Waals surface area contributed by atoms with E-state index in [0.717, 1.165) is 11.1 Å². The van der Waals surface area contributed by atoms with E-state index in [9.17, 15) is 14.4 Å². The smallest absolute Gasteiger partial charge is 0.339 e. The lowest BCUT2D eigenvalue weighted by Gasteiger charge is -2.25. The molecular formula is C23H17NO5. The number of amides is 1. The Hall–Kier alpha value is -3.93. The molecule has 0 aliphatic carbocycles. The van der Waals surface area contributed by atoms with Gasteiger partial charge in [-0.3, -0.25) is 4.79 Å². The van der Waals surface area contributed by atoms with Crippen LogP contribution in [0.25, 0.3) is 0 Å². The van der Waals surface area contributed by atoms with E-state index in [1.54, 1.807) is 18.2 Å². The predicted molar refractivity (Wildman–Crippen MR) is 106 cm³/mol. The Labute approximate surface area is 166 Å². The van der Waals surface area contributed by atoms with Crippen LogP contribution < -0.4 is 5.32 Å². The number of esters is 1. The summed E-state index contributed by atoms with van der Waals surface area (Å²) in [4.78, 5) is 35.9. The molecule has 1 unspecified atom stereocenters. The Morgan fingerprint density at radius 1 is 0.931 bits per heavy atom. The first-order valence-corrected chi connectivity index (χ1v) is 9.05. The van der Waals surface area contributed by atoms with E-state index in [1.807, 2.05) is 30.3 Å². The summed E-state index contributed by atoms with van der Waals surface area (Å²) in [5.74, 6) is -1.78. The first-order valence-electron chi connectivity index (χ1n) is 9.05. The third-order valence-corrected chi connectivity index (χ3v) is 4.80. The van der Waals surface area contributed by atoms with Gasteiger partial charge in [-0.15, -0.1) is 0 Å². The van der Waals surface area contributed by atoms with Crippen molar-refractivity contribution in [3.63, 3.8) is 0 Å². The van der Waals surface area contributed by atoms with E-state index in [2.05, 4.69) is 5.32 Å². The summed E-state index contributed by atoms with van der Waals surface area (Å²) >= 11 is 0. The Morgan fingerprint density at radius 2 is 1.62 bits per heavy atom. The maximum absolute atomic E-state index is 12.6. The van der Waals surface area contributed by atoms with Crippen molar-refractivity contribution >= 4 is 23.5 Å². The highest BCUT2D eigenvalue weighted by Gasteiger charge is 2.28. The van der Waals surface area contributed by atoms with Gasteiger partial charge in [0.1, 0.15) is 6.10 Å². The topological polar surface area (TPSA) is 92.7 Å². The van der Waals surface area contributed by atoms with Crippen molar-refractivity contribution in [2.24, 2.45) is 0 Å². The standard InChI is InChI=1S/C23H17NO5/c25-21(24-18-9-6-15(7-10-18)22(26)27)16-8-11-19-17(12-16)13-20(29-23(19)28)14-4-2-1-3-5-14/h1-12,20H,13H2,(H,24,25)(H,26,27). The normalized spacial score (nSPS) is 15.2. The maximum Gasteiger partial charge on any atom is 0.339 e. The minimum atomic E-state index is -1.03. The van der Waals surface area contributed by atoms with Gasteiger partial charge in [-0.2, -0.15) is 0 Å². The van der Waals surface area contributed by atoms with Gasteiger partial charge < -0.3 is 15.2 Å². The number of cyclic esters (lactones) is 1. The van der Waals surface area contributed by atoms with Crippen LogP contribution in [0.5, 0.6) is 0 Å². The van der Waals surface area contributed by atoms with E-state index in [-0.39, 0.29) is 11.5 Å². The second-order valence-corrected chi connectivity index (χ2v) is 6.72. The van der Waals surface area contributed by atoms with Gasteiger partial charge >= 0.3 is 11.9 Å². The Balaban J connectivity index is 1.55. The lowest BCUT2D eigenvalue weighted by Crippen LogP contribution is -2.23. The molecule has 1 atom stereocenters. The molecule has 0 saturated heterocycles. The molecule has 0 fully saturated rings. The van der Waals surface area contributed by atoms with Crippen molar-refractivity contribution in [1.29, 1.82) is 0 Å². The molecular weight excluding hydrogens is 370 g/mol. The van der Waals surface area contributed by atoms with Crippen LogP contribution in [0.2, 0.25) is 0 Å². The fraction of sp³-hybridized carbons (Fsp3) is 0.0870. The van der Waals surface area contributed by atoms with Gasteiger partial charge in [0, 0.05) is 17.7 Å². The van der Waals surface area contributed by atoms with Crippen LogP contribution in [0, 0.1) is 0 Å². The average Bonchev–Trinajstić information content (AvgIpc) is 2.74. The third kappa shape index (κ3) is 3.87. The number of anilines is 1. The molecule has 1 aliphatic rings. The van der Waals surface area contributed by atoms with Crippen molar-refractivity contribution in [2.75, 3.05) is 5.32 Å². The molecule has 3 aromatic carbocycles. The molecule has 4 rings (SSSR count). The Kier molecular flexibility index (Phi) is 4.83. The first-order chi connectivity index (χ1) is 14.0. The van der Waals surface area contributed by atoms with E-state index in [0.29, 0.717) is 23.2 Å². The number of carboxylic acids is 1. The maximum atomic E-state index is 12.6. The number of ether oxygens (including phenoxy) is 1. The zero-order valence-corrected chi connectivity index (χ0v) is 15.3. The summed E-state index contributed by atoms with van der Waals surface area (Å²) in [6.07, 6.45) is 0.0950. The highest BCUT2D eigenvalue weighted by atomic mass is 16.5. The zero-order valence-electron chi connectivity index (χ0n) is 15.3. The monoisotopic (exact) mass is 387 g/mol. The SMILES string of the molecule is O=C(O)c1ccc(NC(=O)c2ccc3c(c2)CC(c2ccccc2)OC3=O)cc1. The molecule has 144 valence electrons. The number of carboxylic acid groups (broad SMARTS) is 1. The number of benzene rings is 3. The van der Waals surface area contributed by atoms with Crippen LogP contribution in [0.3, 0.4) is 0 Å². The summed E-state index contributed by atoms with van der Waals surface area (Å²) in [5, 5.41) is 11.7. The lowest BCUT2D eigenvalue weighted by molar-refractivity contribution is 0.0252. The summed E-state index contributed by atoms with van der Waals surface area (Å²) in [5.41, 5.74) is 3.15. The molecule has 1 aliphatic heterocycles. The molecule has 0 radical (unpaired) electrons. The number of rotatable bonds is 4. The number of carbonyl (C=O) groups is 3. The zero-order chi connectivity index (χ0) is 20.4. The molecule has 3 aromatic rings. The summed E-state index contributed by atoms with van der Waals surface area (Å²) < 4.78 is 5.54. The summed E-state index contributed by atoms with van der Waals surface area (Å²) in [6.45, 7) is 0. The molecule has 0 bridgehead atoms. The Morgan fingerprint density at radius 3 is 2.31 bits per heavy atom. The fourth-order valence-corrected chi connectivity index (χ4v) is 3.29. The van der Waals surface area contributed by atoms with Crippen LogP contribution in [-0.2, 0) is 11.2 Å². The van der Waals surface area contributed by atoms with Gasteiger partial charge in [-0.1, -0.05) is 30.3 Å². The molecule has 0 aromatic heterocycles. The van der Waals surface area contributed by atoms with Crippen LogP contribution in [0.1, 0.15) is 48.3 Å². The van der Waals surface area contributed by atoms with E-state index < -0.39 is 18.0 Å². The molecule has 2 N–H and O–H groups in total. The second kappa shape index (κ2) is 7.59. The van der Waals surface area contributed by atoms with Crippen LogP contribution >= 0.6 is 0 Å². The van der Waals surface area contributed by atoms with Gasteiger partial charge in [0.15, 0.2) is 0 Å². The van der Waals surface area contributed by atoms with Gasteiger partial charge in [-0.05, 0) is 53.6 Å². The highest BCUT2D eigenvalue weighted by molar-refractivity contribution is 6.05. The third-order valence-electron chi connectivity index (χ3n) is 4.80. The molecule has 0 spiro atoms. The molecule has 29 heavy (non-hydrogen) atoms. The van der Waals surface area contributed by atoms with E-state index in [4.69, 9.17) is 9.84 Å². The minimum absolute atomic E-state index is 0.141. The number of carbonyl (C=O) groups excluding carboxylic acids is 2. The lowest BCUT2D eigenvalue weighted by atomic mass is 9.93. The molecule has 0 saturated carbocycles. The van der Waals surface area contributed by atoms with Gasteiger partial charge in [0.2, 0.25) is 0 Å². The van der Waals surface area contributed by atoms with Crippen LogP contribution in [0.4, 0.5) is 5.69 Å². The number of hydrogen-bond donors (Lipinski definition) is 2. The summed E-state index contributed by atoms with van der Waals surface area (Å²) in [7, 11) is 0. The van der Waals surface area contributed by atoms with Gasteiger partial charge in [0.25, 0.3) is 5.91 Å². The van der Waals surface area contributed by atoms with Crippen molar-refractivity contribution < 1.29 is 24.2 Å². The second-order valence-electron chi connectivity index (χ2n) is 6.72. The predicted octanol–water partition coefficient (Wildman–Crippen LogP) is 4.09. The highest BCUT2D eigenvalue weighted by Crippen LogP contribution is 2.31. The minimum Gasteiger partial charge on any atom is -0.478 e. The first kappa shape index (κ1) is 18.4. The molecule has 6 nitrogen and oxygen atoms in total. The Bertz CT molecular complexity index is 1090. The largest absolute Gasteiger partial charge is 0.478 e. The average molecular weight is 387 g/mol. The molecule has 6 heteroatoms. The molecule has 1 amide bonds. The number of nitrogens with one attached hydrogen (secondary N) is 1. The van der Waals surface area contributed by atoms with E-state index >= 15 is 0 Å². The fourth-order valence-electron chi connectivity index (χ4n) is 3.29. The number of aromatic carboxylic acids is 1. The van der Waals surface area contributed by atoms with Crippen molar-refractivity contribution in [3.8, 4) is 0 Å².